The average Bonchev–Trinajstić information content (AvgIpc) is 2.78. The summed E-state index contributed by atoms with van der Waals surface area (Å²) in [5.41, 5.74) is 1.77. The standard InChI is InChI=1S/C14H19N3O2S/c1-8(2)15-13(18)9(3)20-14-16-11-6-5-10(19-4)7-12(11)17-14/h5-9H,1-4H3,(H,15,18)(H,16,17)/t9-/m1/s1. The molecule has 0 aliphatic heterocycles. The molecule has 0 fully saturated rings. The lowest BCUT2D eigenvalue weighted by Crippen LogP contribution is -2.35. The van der Waals surface area contributed by atoms with Crippen LogP contribution >= 0.6 is 11.8 Å². The number of thioether (sulfide) groups is 1. The fourth-order valence-corrected chi connectivity index (χ4v) is 2.60. The quantitative estimate of drug-likeness (QED) is 0.832. The van der Waals surface area contributed by atoms with E-state index in [2.05, 4.69) is 15.3 Å². The van der Waals surface area contributed by atoms with Crippen molar-refractivity contribution in [1.82, 2.24) is 15.3 Å². The number of nitrogens with one attached hydrogen (secondary N) is 2. The number of benzene rings is 1. The fourth-order valence-electron chi connectivity index (χ4n) is 1.77. The Balaban J connectivity index is 2.11. The second kappa shape index (κ2) is 6.17. The van der Waals surface area contributed by atoms with Crippen molar-refractivity contribution in [3.63, 3.8) is 0 Å². The van der Waals surface area contributed by atoms with Crippen LogP contribution in [0.5, 0.6) is 5.75 Å². The van der Waals surface area contributed by atoms with Crippen molar-refractivity contribution < 1.29 is 9.53 Å². The molecule has 108 valence electrons. The Morgan fingerprint density at radius 2 is 2.15 bits per heavy atom. The van der Waals surface area contributed by atoms with Crippen LogP contribution < -0.4 is 10.1 Å². The van der Waals surface area contributed by atoms with Crippen molar-refractivity contribution in [2.75, 3.05) is 7.11 Å². The third kappa shape index (κ3) is 3.45. The molecular formula is C14H19N3O2S. The van der Waals surface area contributed by atoms with E-state index in [9.17, 15) is 4.79 Å². The van der Waals surface area contributed by atoms with Gasteiger partial charge < -0.3 is 15.0 Å². The first-order chi connectivity index (χ1) is 9.49. The maximum Gasteiger partial charge on any atom is 0.233 e. The minimum Gasteiger partial charge on any atom is -0.497 e. The molecule has 0 bridgehead atoms. The first-order valence-corrected chi connectivity index (χ1v) is 7.38. The summed E-state index contributed by atoms with van der Waals surface area (Å²) < 4.78 is 5.18. The van der Waals surface area contributed by atoms with E-state index in [1.165, 1.54) is 11.8 Å². The van der Waals surface area contributed by atoms with Gasteiger partial charge in [-0.1, -0.05) is 11.8 Å². The summed E-state index contributed by atoms with van der Waals surface area (Å²) in [5.74, 6) is 0.798. The summed E-state index contributed by atoms with van der Waals surface area (Å²) in [7, 11) is 1.63. The molecule has 2 rings (SSSR count). The Kier molecular flexibility index (Phi) is 4.54. The number of H-pyrrole nitrogens is 1. The molecule has 1 aromatic carbocycles. The average molecular weight is 293 g/mol. The van der Waals surface area contributed by atoms with E-state index >= 15 is 0 Å². The van der Waals surface area contributed by atoms with Gasteiger partial charge in [-0.05, 0) is 32.9 Å². The van der Waals surface area contributed by atoms with Crippen molar-refractivity contribution >= 4 is 28.7 Å². The number of methoxy groups -OCH3 is 1. The van der Waals surface area contributed by atoms with Gasteiger partial charge in [-0.3, -0.25) is 4.79 Å². The van der Waals surface area contributed by atoms with Gasteiger partial charge in [0, 0.05) is 12.1 Å². The monoisotopic (exact) mass is 293 g/mol. The molecule has 5 nitrogen and oxygen atoms in total. The van der Waals surface area contributed by atoms with E-state index in [4.69, 9.17) is 4.74 Å². The topological polar surface area (TPSA) is 67.0 Å². The second-order valence-electron chi connectivity index (χ2n) is 4.85. The number of aromatic amines is 1. The highest BCUT2D eigenvalue weighted by atomic mass is 32.2. The van der Waals surface area contributed by atoms with Crippen LogP contribution in [0.15, 0.2) is 23.4 Å². The van der Waals surface area contributed by atoms with Gasteiger partial charge >= 0.3 is 0 Å². The molecule has 1 atom stereocenters. The van der Waals surface area contributed by atoms with Gasteiger partial charge in [0.1, 0.15) is 5.75 Å². The van der Waals surface area contributed by atoms with Gasteiger partial charge in [0.05, 0.1) is 23.4 Å². The van der Waals surface area contributed by atoms with Crippen molar-refractivity contribution in [3.8, 4) is 5.75 Å². The number of imidazole rings is 1. The molecule has 0 aliphatic carbocycles. The summed E-state index contributed by atoms with van der Waals surface area (Å²) in [6, 6.07) is 5.80. The minimum absolute atomic E-state index is 0.0167. The molecule has 2 aromatic rings. The summed E-state index contributed by atoms with van der Waals surface area (Å²) >= 11 is 1.41. The zero-order valence-corrected chi connectivity index (χ0v) is 12.9. The van der Waals surface area contributed by atoms with Gasteiger partial charge in [0.2, 0.25) is 5.91 Å². The lowest BCUT2D eigenvalue weighted by Gasteiger charge is -2.12. The molecule has 0 radical (unpaired) electrons. The molecule has 1 amide bonds. The van der Waals surface area contributed by atoms with E-state index in [0.717, 1.165) is 21.9 Å². The number of hydrogen-bond acceptors (Lipinski definition) is 4. The zero-order valence-electron chi connectivity index (χ0n) is 12.1. The van der Waals surface area contributed by atoms with Crippen LogP contribution in [-0.2, 0) is 4.79 Å². The predicted molar refractivity (Wildman–Crippen MR) is 81.2 cm³/mol. The number of amides is 1. The molecular weight excluding hydrogens is 274 g/mol. The molecule has 0 spiro atoms. The molecule has 20 heavy (non-hydrogen) atoms. The van der Waals surface area contributed by atoms with Crippen molar-refractivity contribution in [3.05, 3.63) is 18.2 Å². The number of fused-ring (bicyclic) bond motifs is 1. The van der Waals surface area contributed by atoms with Crippen LogP contribution in [0, 0.1) is 0 Å². The van der Waals surface area contributed by atoms with Gasteiger partial charge in [0.25, 0.3) is 0 Å². The highest BCUT2D eigenvalue weighted by Gasteiger charge is 2.17. The Morgan fingerprint density at radius 3 is 2.80 bits per heavy atom. The van der Waals surface area contributed by atoms with E-state index < -0.39 is 0 Å². The van der Waals surface area contributed by atoms with E-state index in [0.29, 0.717) is 0 Å². The van der Waals surface area contributed by atoms with Crippen molar-refractivity contribution in [2.45, 2.75) is 37.2 Å². The second-order valence-corrected chi connectivity index (χ2v) is 6.18. The number of hydrogen-bond donors (Lipinski definition) is 2. The number of aromatic nitrogens is 2. The molecule has 0 aliphatic rings. The largest absolute Gasteiger partial charge is 0.497 e. The lowest BCUT2D eigenvalue weighted by atomic mass is 10.3. The summed E-state index contributed by atoms with van der Waals surface area (Å²) in [4.78, 5) is 19.5. The SMILES string of the molecule is COc1ccc2nc(S[C@H](C)C(=O)NC(C)C)[nH]c2c1. The Hall–Kier alpha value is -1.69. The normalized spacial score (nSPS) is 12.7. The van der Waals surface area contributed by atoms with E-state index in [1.54, 1.807) is 7.11 Å². The van der Waals surface area contributed by atoms with Gasteiger partial charge in [0.15, 0.2) is 5.16 Å². The van der Waals surface area contributed by atoms with E-state index in [-0.39, 0.29) is 17.2 Å². The molecule has 1 heterocycles. The first kappa shape index (κ1) is 14.7. The highest BCUT2D eigenvalue weighted by molar-refractivity contribution is 8.00. The summed E-state index contributed by atoms with van der Waals surface area (Å²) in [6.45, 7) is 5.77. The summed E-state index contributed by atoms with van der Waals surface area (Å²) in [5, 5.41) is 3.43. The highest BCUT2D eigenvalue weighted by Crippen LogP contribution is 2.25. The van der Waals surface area contributed by atoms with E-state index in [1.807, 2.05) is 39.0 Å². The van der Waals surface area contributed by atoms with Gasteiger partial charge in [-0.2, -0.15) is 0 Å². The maximum absolute atomic E-state index is 11.9. The maximum atomic E-state index is 11.9. The van der Waals surface area contributed by atoms with Crippen LogP contribution in [0.1, 0.15) is 20.8 Å². The molecule has 0 unspecified atom stereocenters. The van der Waals surface area contributed by atoms with Crippen LogP contribution in [0.4, 0.5) is 0 Å². The molecule has 0 saturated carbocycles. The Labute approximate surface area is 122 Å². The van der Waals surface area contributed by atoms with Crippen LogP contribution in [0.3, 0.4) is 0 Å². The van der Waals surface area contributed by atoms with Crippen molar-refractivity contribution in [2.24, 2.45) is 0 Å². The van der Waals surface area contributed by atoms with Crippen LogP contribution in [0.2, 0.25) is 0 Å². The fraction of sp³-hybridized carbons (Fsp3) is 0.429. The van der Waals surface area contributed by atoms with Crippen molar-refractivity contribution in [1.29, 1.82) is 0 Å². The Morgan fingerprint density at radius 1 is 1.40 bits per heavy atom. The van der Waals surface area contributed by atoms with Crippen LogP contribution in [0.25, 0.3) is 11.0 Å². The lowest BCUT2D eigenvalue weighted by molar-refractivity contribution is -0.120. The van der Waals surface area contributed by atoms with Crippen LogP contribution in [-0.4, -0.2) is 34.3 Å². The third-order valence-electron chi connectivity index (χ3n) is 2.76. The third-order valence-corrected chi connectivity index (χ3v) is 3.74. The molecule has 2 N–H and O–H groups in total. The number of ether oxygens (including phenoxy) is 1. The Bertz CT molecular complexity index is 609. The number of carbonyl (C=O) groups is 1. The van der Waals surface area contributed by atoms with Gasteiger partial charge in [-0.25, -0.2) is 4.98 Å². The molecule has 0 saturated heterocycles. The smallest absolute Gasteiger partial charge is 0.233 e. The van der Waals surface area contributed by atoms with Gasteiger partial charge in [-0.15, -0.1) is 0 Å². The molecule has 6 heteroatoms. The number of carbonyl (C=O) groups excluding carboxylic acids is 1. The first-order valence-electron chi connectivity index (χ1n) is 6.50. The number of rotatable bonds is 5. The molecule has 1 aromatic heterocycles. The zero-order chi connectivity index (χ0) is 14.7. The summed E-state index contributed by atoms with van der Waals surface area (Å²) in [6.07, 6.45) is 0. The predicted octanol–water partition coefficient (Wildman–Crippen LogP) is 2.58. The number of nitrogens with zero attached hydrogens (tertiary/aromatic N) is 1. The minimum atomic E-state index is -0.195.